The van der Waals surface area contributed by atoms with E-state index >= 15 is 0 Å². The van der Waals surface area contributed by atoms with Crippen molar-refractivity contribution in [2.24, 2.45) is 5.92 Å². The number of hydroxylamine groups is 2. The van der Waals surface area contributed by atoms with Gasteiger partial charge in [-0.15, -0.1) is 0 Å². The molecule has 1 aliphatic heterocycles. The van der Waals surface area contributed by atoms with E-state index in [4.69, 9.17) is 14.4 Å². The highest BCUT2D eigenvalue weighted by Crippen LogP contribution is 2.40. The average Bonchev–Trinajstić information content (AvgIpc) is 3.23. The van der Waals surface area contributed by atoms with Crippen LogP contribution in [0.25, 0.3) is 0 Å². The van der Waals surface area contributed by atoms with Gasteiger partial charge in [-0.05, 0) is 24.0 Å². The van der Waals surface area contributed by atoms with Gasteiger partial charge in [0.15, 0.2) is 6.29 Å². The van der Waals surface area contributed by atoms with Crippen LogP contribution in [0.15, 0.2) is 60.7 Å². The van der Waals surface area contributed by atoms with E-state index < -0.39 is 0 Å². The molecule has 0 N–H and O–H groups in total. The minimum atomic E-state index is -0.214. The number of benzene rings is 2. The number of hydrogen-bond donors (Lipinski definition) is 0. The van der Waals surface area contributed by atoms with Gasteiger partial charge in [0.2, 0.25) is 0 Å². The zero-order valence-corrected chi connectivity index (χ0v) is 13.7. The standard InChI is InChI=1S/C20H23NO3/c1-3-8-16(9-4-1)14-22-20-18-12-7-13-19(18)21(24-20)23-15-17-10-5-2-6-11-17/h1-6,8-11,18-20H,7,12-15H2. The van der Waals surface area contributed by atoms with Gasteiger partial charge in [0.1, 0.15) is 0 Å². The highest BCUT2D eigenvalue weighted by Gasteiger charge is 2.47. The van der Waals surface area contributed by atoms with E-state index in [9.17, 15) is 0 Å². The summed E-state index contributed by atoms with van der Waals surface area (Å²) in [4.78, 5) is 11.9. The van der Waals surface area contributed by atoms with Crippen molar-refractivity contribution < 1.29 is 14.4 Å². The Hall–Kier alpha value is -1.72. The lowest BCUT2D eigenvalue weighted by Crippen LogP contribution is -2.29. The lowest BCUT2D eigenvalue weighted by Gasteiger charge is -2.20. The number of nitrogens with zero attached hydrogens (tertiary/aromatic N) is 1. The van der Waals surface area contributed by atoms with Gasteiger partial charge >= 0.3 is 0 Å². The molecular formula is C20H23NO3. The van der Waals surface area contributed by atoms with E-state index in [-0.39, 0.29) is 6.29 Å². The molecule has 2 aromatic carbocycles. The fraction of sp³-hybridized carbons (Fsp3) is 0.400. The summed E-state index contributed by atoms with van der Waals surface area (Å²) in [6.07, 6.45) is 3.23. The molecule has 2 aliphatic rings. The molecule has 4 heteroatoms. The van der Waals surface area contributed by atoms with Crippen LogP contribution in [0, 0.1) is 5.92 Å². The van der Waals surface area contributed by atoms with Gasteiger partial charge in [0.05, 0.1) is 19.3 Å². The Morgan fingerprint density at radius 3 is 2.25 bits per heavy atom. The predicted molar refractivity (Wildman–Crippen MR) is 90.3 cm³/mol. The quantitative estimate of drug-likeness (QED) is 0.801. The maximum absolute atomic E-state index is 6.04. The molecular weight excluding hydrogens is 302 g/mol. The van der Waals surface area contributed by atoms with Crippen LogP contribution in [0.4, 0.5) is 0 Å². The summed E-state index contributed by atoms with van der Waals surface area (Å²) < 4.78 is 6.04. The molecule has 24 heavy (non-hydrogen) atoms. The van der Waals surface area contributed by atoms with Gasteiger partial charge in [0.25, 0.3) is 0 Å². The van der Waals surface area contributed by atoms with E-state index in [0.717, 1.165) is 18.4 Å². The van der Waals surface area contributed by atoms with Gasteiger partial charge in [-0.2, -0.15) is 0 Å². The summed E-state index contributed by atoms with van der Waals surface area (Å²) in [7, 11) is 0. The predicted octanol–water partition coefficient (Wildman–Crippen LogP) is 4.08. The van der Waals surface area contributed by atoms with Crippen molar-refractivity contribution in [2.45, 2.75) is 44.8 Å². The Balaban J connectivity index is 1.35. The lowest BCUT2D eigenvalue weighted by atomic mass is 10.1. The molecule has 3 atom stereocenters. The lowest BCUT2D eigenvalue weighted by molar-refractivity contribution is -0.401. The Bertz CT molecular complexity index is 578. The maximum atomic E-state index is 6.04. The molecule has 0 amide bonds. The molecule has 2 fully saturated rings. The molecule has 4 nitrogen and oxygen atoms in total. The minimum absolute atomic E-state index is 0.214. The average molecular weight is 325 g/mol. The van der Waals surface area contributed by atoms with Crippen LogP contribution >= 0.6 is 0 Å². The van der Waals surface area contributed by atoms with E-state index in [0.29, 0.717) is 25.2 Å². The maximum Gasteiger partial charge on any atom is 0.185 e. The number of fused-ring (bicyclic) bond motifs is 1. The molecule has 0 aromatic heterocycles. The molecule has 0 spiro atoms. The van der Waals surface area contributed by atoms with E-state index in [1.807, 2.05) is 36.4 Å². The topological polar surface area (TPSA) is 30.9 Å². The highest BCUT2D eigenvalue weighted by atomic mass is 17.0. The smallest absolute Gasteiger partial charge is 0.185 e. The molecule has 1 heterocycles. The second-order valence-corrected chi connectivity index (χ2v) is 6.48. The van der Waals surface area contributed by atoms with Crippen LogP contribution in [-0.2, 0) is 27.6 Å². The number of hydrogen-bond acceptors (Lipinski definition) is 4. The van der Waals surface area contributed by atoms with Crippen molar-refractivity contribution in [1.29, 1.82) is 0 Å². The Morgan fingerprint density at radius 2 is 1.54 bits per heavy atom. The van der Waals surface area contributed by atoms with Crippen molar-refractivity contribution in [2.75, 3.05) is 0 Å². The van der Waals surface area contributed by atoms with Crippen molar-refractivity contribution >= 4 is 0 Å². The first kappa shape index (κ1) is 15.8. The molecule has 1 aliphatic carbocycles. The van der Waals surface area contributed by atoms with Crippen LogP contribution in [0.5, 0.6) is 0 Å². The summed E-state index contributed by atoms with van der Waals surface area (Å²) in [5.74, 6) is 0.393. The van der Waals surface area contributed by atoms with Crippen LogP contribution in [0.2, 0.25) is 0 Å². The minimum Gasteiger partial charge on any atom is -0.346 e. The van der Waals surface area contributed by atoms with Gasteiger partial charge in [-0.25, -0.2) is 4.84 Å². The van der Waals surface area contributed by atoms with Crippen LogP contribution < -0.4 is 0 Å². The van der Waals surface area contributed by atoms with Gasteiger partial charge in [-0.1, -0.05) is 72.3 Å². The third kappa shape index (κ3) is 3.52. The van der Waals surface area contributed by atoms with Crippen molar-refractivity contribution in [1.82, 2.24) is 5.23 Å². The highest BCUT2D eigenvalue weighted by molar-refractivity contribution is 5.14. The van der Waals surface area contributed by atoms with Crippen molar-refractivity contribution in [3.63, 3.8) is 0 Å². The molecule has 1 saturated heterocycles. The zero-order valence-electron chi connectivity index (χ0n) is 13.7. The SMILES string of the molecule is c1ccc(COC2ON(OCc3ccccc3)C3CCCC23)cc1. The monoisotopic (exact) mass is 325 g/mol. The molecule has 4 rings (SSSR count). The first-order chi connectivity index (χ1) is 11.9. The second-order valence-electron chi connectivity index (χ2n) is 6.48. The molecule has 126 valence electrons. The van der Waals surface area contributed by atoms with Crippen LogP contribution in [0.1, 0.15) is 30.4 Å². The van der Waals surface area contributed by atoms with Crippen molar-refractivity contribution in [3.05, 3.63) is 71.8 Å². The fourth-order valence-corrected chi connectivity index (χ4v) is 3.55. The van der Waals surface area contributed by atoms with Gasteiger partial charge < -0.3 is 4.74 Å². The van der Waals surface area contributed by atoms with Gasteiger partial charge in [0, 0.05) is 5.92 Å². The Morgan fingerprint density at radius 1 is 0.875 bits per heavy atom. The molecule has 1 saturated carbocycles. The third-order valence-corrected chi connectivity index (χ3v) is 4.82. The normalized spacial score (nSPS) is 26.6. The Kier molecular flexibility index (Phi) is 4.90. The molecule has 3 unspecified atom stereocenters. The molecule has 0 radical (unpaired) electrons. The molecule has 2 aromatic rings. The number of rotatable bonds is 6. The first-order valence-electron chi connectivity index (χ1n) is 8.68. The molecule has 0 bridgehead atoms. The van der Waals surface area contributed by atoms with Crippen molar-refractivity contribution in [3.8, 4) is 0 Å². The van der Waals surface area contributed by atoms with E-state index in [2.05, 4.69) is 24.3 Å². The van der Waals surface area contributed by atoms with Gasteiger partial charge in [-0.3, -0.25) is 4.84 Å². The van der Waals surface area contributed by atoms with Crippen LogP contribution in [-0.4, -0.2) is 17.6 Å². The van der Waals surface area contributed by atoms with E-state index in [1.165, 1.54) is 12.0 Å². The largest absolute Gasteiger partial charge is 0.346 e. The summed E-state index contributed by atoms with van der Waals surface area (Å²) in [5, 5.41) is 1.69. The summed E-state index contributed by atoms with van der Waals surface area (Å²) in [6, 6.07) is 20.7. The first-order valence-corrected chi connectivity index (χ1v) is 8.68. The summed E-state index contributed by atoms with van der Waals surface area (Å²) in [6.45, 7) is 1.09. The number of ether oxygens (including phenoxy) is 1. The van der Waals surface area contributed by atoms with Crippen LogP contribution in [0.3, 0.4) is 0 Å². The third-order valence-electron chi connectivity index (χ3n) is 4.82. The van der Waals surface area contributed by atoms with E-state index in [1.54, 1.807) is 5.23 Å². The summed E-state index contributed by atoms with van der Waals surface area (Å²) >= 11 is 0. The fourth-order valence-electron chi connectivity index (χ4n) is 3.55. The zero-order chi connectivity index (χ0) is 16.2. The summed E-state index contributed by atoms with van der Waals surface area (Å²) in [5.41, 5.74) is 2.31. The Labute approximate surface area is 142 Å². The second kappa shape index (κ2) is 7.45.